The third-order valence-electron chi connectivity index (χ3n) is 4.11. The fraction of sp³-hybridized carbons (Fsp3) is 0.227. The van der Waals surface area contributed by atoms with Gasteiger partial charge >= 0.3 is 0 Å². The fourth-order valence-corrected chi connectivity index (χ4v) is 3.30. The Morgan fingerprint density at radius 3 is 2.63 bits per heavy atom. The van der Waals surface area contributed by atoms with Crippen LogP contribution in [0.2, 0.25) is 0 Å². The minimum absolute atomic E-state index is 0.00983. The van der Waals surface area contributed by atoms with Crippen LogP contribution in [0.15, 0.2) is 53.9 Å². The molecule has 3 rings (SSSR count). The summed E-state index contributed by atoms with van der Waals surface area (Å²) in [6.45, 7) is 2.68. The van der Waals surface area contributed by atoms with Gasteiger partial charge in [-0.3, -0.25) is 9.59 Å². The Kier molecular flexibility index (Phi) is 7.53. The SMILES string of the molecule is COCC(=O)Nc1cccc(CNC(=O)c2ccc(OCc3csc(C)n3)cc2)c1. The van der Waals surface area contributed by atoms with Gasteiger partial charge in [-0.1, -0.05) is 12.1 Å². The van der Waals surface area contributed by atoms with E-state index in [1.165, 1.54) is 7.11 Å². The summed E-state index contributed by atoms with van der Waals surface area (Å²) < 4.78 is 10.5. The van der Waals surface area contributed by atoms with Crippen molar-refractivity contribution < 1.29 is 19.1 Å². The van der Waals surface area contributed by atoms with Gasteiger partial charge in [0.15, 0.2) is 0 Å². The minimum atomic E-state index is -0.231. The lowest BCUT2D eigenvalue weighted by Crippen LogP contribution is -2.23. The van der Waals surface area contributed by atoms with Gasteiger partial charge in [-0.05, 0) is 48.9 Å². The molecule has 0 aliphatic heterocycles. The second-order valence-electron chi connectivity index (χ2n) is 6.54. The minimum Gasteiger partial charge on any atom is -0.487 e. The van der Waals surface area contributed by atoms with E-state index in [9.17, 15) is 9.59 Å². The molecule has 30 heavy (non-hydrogen) atoms. The highest BCUT2D eigenvalue weighted by Crippen LogP contribution is 2.16. The van der Waals surface area contributed by atoms with Crippen LogP contribution in [0.3, 0.4) is 0 Å². The smallest absolute Gasteiger partial charge is 0.251 e. The number of rotatable bonds is 9. The number of hydrogen-bond donors (Lipinski definition) is 2. The number of amides is 2. The lowest BCUT2D eigenvalue weighted by Gasteiger charge is -2.09. The molecule has 0 atom stereocenters. The second-order valence-corrected chi connectivity index (χ2v) is 7.60. The highest BCUT2D eigenvalue weighted by molar-refractivity contribution is 7.09. The molecule has 0 spiro atoms. The molecule has 2 N–H and O–H groups in total. The standard InChI is InChI=1S/C22H23N3O4S/c1-15-24-19(14-30-15)12-29-20-8-6-17(7-9-20)22(27)23-11-16-4-3-5-18(10-16)25-21(26)13-28-2/h3-10,14H,11-13H2,1-2H3,(H,23,27)(H,25,26). The molecule has 0 saturated carbocycles. The van der Waals surface area contributed by atoms with E-state index in [1.807, 2.05) is 30.5 Å². The van der Waals surface area contributed by atoms with E-state index in [1.54, 1.807) is 41.7 Å². The van der Waals surface area contributed by atoms with Crippen molar-refractivity contribution in [2.75, 3.05) is 19.0 Å². The summed E-state index contributed by atoms with van der Waals surface area (Å²) in [7, 11) is 1.46. The van der Waals surface area contributed by atoms with E-state index >= 15 is 0 Å². The van der Waals surface area contributed by atoms with Gasteiger partial charge in [-0.25, -0.2) is 4.98 Å². The van der Waals surface area contributed by atoms with E-state index < -0.39 is 0 Å². The van der Waals surface area contributed by atoms with Crippen LogP contribution in [0.5, 0.6) is 5.75 Å². The van der Waals surface area contributed by atoms with Crippen molar-refractivity contribution in [1.29, 1.82) is 0 Å². The van der Waals surface area contributed by atoms with Crippen LogP contribution in [-0.2, 0) is 22.7 Å². The number of benzene rings is 2. The molecule has 2 amide bonds. The van der Waals surface area contributed by atoms with Gasteiger partial charge in [-0.15, -0.1) is 11.3 Å². The average Bonchev–Trinajstić information content (AvgIpc) is 3.16. The van der Waals surface area contributed by atoms with Gasteiger partial charge in [0, 0.05) is 30.3 Å². The number of hydrogen-bond acceptors (Lipinski definition) is 6. The fourth-order valence-electron chi connectivity index (χ4n) is 2.71. The molecule has 1 heterocycles. The first-order valence-electron chi connectivity index (χ1n) is 9.33. The number of aromatic nitrogens is 1. The van der Waals surface area contributed by atoms with Crippen molar-refractivity contribution in [2.24, 2.45) is 0 Å². The number of aryl methyl sites for hydroxylation is 1. The van der Waals surface area contributed by atoms with Gasteiger partial charge < -0.3 is 20.1 Å². The predicted octanol–water partition coefficient (Wildman–Crippen LogP) is 3.55. The van der Waals surface area contributed by atoms with Crippen LogP contribution in [0, 0.1) is 6.92 Å². The van der Waals surface area contributed by atoms with Crippen molar-refractivity contribution in [3.05, 3.63) is 75.7 Å². The average molecular weight is 426 g/mol. The molecule has 0 fully saturated rings. The number of nitrogens with one attached hydrogen (secondary N) is 2. The van der Waals surface area contributed by atoms with Crippen LogP contribution < -0.4 is 15.4 Å². The van der Waals surface area contributed by atoms with Crippen molar-refractivity contribution in [2.45, 2.75) is 20.1 Å². The Labute approximate surface area is 179 Å². The summed E-state index contributed by atoms with van der Waals surface area (Å²) in [5.74, 6) is 0.258. The highest BCUT2D eigenvalue weighted by Gasteiger charge is 2.07. The van der Waals surface area contributed by atoms with Crippen LogP contribution in [0.25, 0.3) is 0 Å². The number of nitrogens with zero attached hydrogens (tertiary/aromatic N) is 1. The Bertz CT molecular complexity index is 1000. The van der Waals surface area contributed by atoms with E-state index in [2.05, 4.69) is 15.6 Å². The van der Waals surface area contributed by atoms with E-state index in [0.717, 1.165) is 16.3 Å². The van der Waals surface area contributed by atoms with Crippen LogP contribution in [-0.4, -0.2) is 30.5 Å². The molecule has 0 radical (unpaired) electrons. The quantitative estimate of drug-likeness (QED) is 0.547. The summed E-state index contributed by atoms with van der Waals surface area (Å²) in [5, 5.41) is 8.59. The van der Waals surface area contributed by atoms with Gasteiger partial charge in [0.2, 0.25) is 5.91 Å². The third kappa shape index (κ3) is 6.40. The van der Waals surface area contributed by atoms with Crippen molar-refractivity contribution >= 4 is 28.8 Å². The predicted molar refractivity (Wildman–Crippen MR) is 116 cm³/mol. The van der Waals surface area contributed by atoms with E-state index in [4.69, 9.17) is 9.47 Å². The Hall–Kier alpha value is -3.23. The Balaban J connectivity index is 1.50. The first-order chi connectivity index (χ1) is 14.5. The topological polar surface area (TPSA) is 89.6 Å². The third-order valence-corrected chi connectivity index (χ3v) is 4.93. The van der Waals surface area contributed by atoms with Gasteiger partial charge in [0.25, 0.3) is 5.91 Å². The van der Waals surface area contributed by atoms with E-state index in [0.29, 0.717) is 30.2 Å². The normalized spacial score (nSPS) is 10.5. The second kappa shape index (κ2) is 10.5. The number of methoxy groups -OCH3 is 1. The number of carbonyl (C=O) groups is 2. The molecule has 0 saturated heterocycles. The van der Waals surface area contributed by atoms with Gasteiger partial charge in [0.1, 0.15) is 19.0 Å². The lowest BCUT2D eigenvalue weighted by molar-refractivity contribution is -0.119. The maximum atomic E-state index is 12.4. The molecular weight excluding hydrogens is 402 g/mol. The largest absolute Gasteiger partial charge is 0.487 e. The molecule has 8 heteroatoms. The highest BCUT2D eigenvalue weighted by atomic mass is 32.1. The lowest BCUT2D eigenvalue weighted by atomic mass is 10.1. The summed E-state index contributed by atoms with van der Waals surface area (Å²) in [6, 6.07) is 14.3. The first kappa shape index (κ1) is 21.5. The molecule has 0 aliphatic carbocycles. The van der Waals surface area contributed by atoms with Crippen molar-refractivity contribution in [1.82, 2.24) is 10.3 Å². The number of thiazole rings is 1. The molecule has 0 unspecified atom stereocenters. The molecule has 0 bridgehead atoms. The molecule has 0 aliphatic rings. The molecule has 3 aromatic rings. The molecule has 7 nitrogen and oxygen atoms in total. The first-order valence-corrected chi connectivity index (χ1v) is 10.2. The molecule has 156 valence electrons. The summed E-state index contributed by atoms with van der Waals surface area (Å²) in [4.78, 5) is 28.4. The van der Waals surface area contributed by atoms with Crippen molar-refractivity contribution in [3.8, 4) is 5.75 Å². The number of carbonyl (C=O) groups excluding carboxylic acids is 2. The summed E-state index contributed by atoms with van der Waals surface area (Å²) in [5.41, 5.74) is 2.95. The monoisotopic (exact) mass is 425 g/mol. The van der Waals surface area contributed by atoms with Crippen molar-refractivity contribution in [3.63, 3.8) is 0 Å². The maximum Gasteiger partial charge on any atom is 0.251 e. The summed E-state index contributed by atoms with van der Waals surface area (Å²) in [6.07, 6.45) is 0. The zero-order valence-electron chi connectivity index (χ0n) is 16.8. The van der Waals surface area contributed by atoms with Gasteiger partial charge in [0.05, 0.1) is 10.7 Å². The number of ether oxygens (including phenoxy) is 2. The van der Waals surface area contributed by atoms with E-state index in [-0.39, 0.29) is 18.4 Å². The number of anilines is 1. The molecular formula is C22H23N3O4S. The van der Waals surface area contributed by atoms with Crippen LogP contribution in [0.4, 0.5) is 5.69 Å². The molecule has 2 aromatic carbocycles. The summed E-state index contributed by atoms with van der Waals surface area (Å²) >= 11 is 1.58. The van der Waals surface area contributed by atoms with Crippen LogP contribution in [0.1, 0.15) is 26.6 Å². The Morgan fingerprint density at radius 1 is 1.13 bits per heavy atom. The molecule has 1 aromatic heterocycles. The zero-order valence-corrected chi connectivity index (χ0v) is 17.6. The van der Waals surface area contributed by atoms with Crippen LogP contribution >= 0.6 is 11.3 Å². The zero-order chi connectivity index (χ0) is 21.3. The Morgan fingerprint density at radius 2 is 1.93 bits per heavy atom. The van der Waals surface area contributed by atoms with Gasteiger partial charge in [-0.2, -0.15) is 0 Å². The maximum absolute atomic E-state index is 12.4.